The van der Waals surface area contributed by atoms with Crippen LogP contribution in [0.3, 0.4) is 0 Å². The van der Waals surface area contributed by atoms with Crippen LogP contribution >= 0.6 is 12.6 Å². The predicted molar refractivity (Wildman–Crippen MR) is 73.7 cm³/mol. The molecule has 0 aliphatic heterocycles. The molecule has 0 radical (unpaired) electrons. The van der Waals surface area contributed by atoms with Gasteiger partial charge in [0.25, 0.3) is 0 Å². The van der Waals surface area contributed by atoms with Crippen LogP contribution < -0.4 is 4.74 Å². The summed E-state index contributed by atoms with van der Waals surface area (Å²) in [6, 6.07) is 8.37. The standard InChI is InChI=1S/C14H22OS/c1-11(10-16)9-15-13-7-5-12(6-8-13)14(2,3)4/h5-8,11,16H,9-10H2,1-4H3. The van der Waals surface area contributed by atoms with Gasteiger partial charge in [-0.3, -0.25) is 0 Å². The number of rotatable bonds is 4. The molecule has 0 fully saturated rings. The van der Waals surface area contributed by atoms with E-state index in [4.69, 9.17) is 4.74 Å². The van der Waals surface area contributed by atoms with E-state index >= 15 is 0 Å². The van der Waals surface area contributed by atoms with E-state index in [1.165, 1.54) is 5.56 Å². The molecule has 1 rings (SSSR count). The van der Waals surface area contributed by atoms with Gasteiger partial charge in [0.1, 0.15) is 5.75 Å². The molecule has 0 aliphatic carbocycles. The summed E-state index contributed by atoms with van der Waals surface area (Å²) in [6.45, 7) is 9.51. The number of thiol groups is 1. The summed E-state index contributed by atoms with van der Waals surface area (Å²) in [4.78, 5) is 0. The summed E-state index contributed by atoms with van der Waals surface area (Å²) in [5.74, 6) is 2.30. The first-order valence-corrected chi connectivity index (χ1v) is 6.41. The van der Waals surface area contributed by atoms with E-state index in [-0.39, 0.29) is 5.41 Å². The quantitative estimate of drug-likeness (QED) is 0.782. The molecule has 0 aromatic heterocycles. The Balaban J connectivity index is 2.58. The first-order valence-electron chi connectivity index (χ1n) is 5.77. The Bertz CT molecular complexity index is 311. The minimum Gasteiger partial charge on any atom is -0.493 e. The molecule has 0 aliphatic rings. The van der Waals surface area contributed by atoms with Gasteiger partial charge in [-0.2, -0.15) is 12.6 Å². The zero-order chi connectivity index (χ0) is 12.2. The summed E-state index contributed by atoms with van der Waals surface area (Å²) in [5, 5.41) is 0. The van der Waals surface area contributed by atoms with Crippen LogP contribution in [0.4, 0.5) is 0 Å². The Kier molecular flexibility index (Phi) is 4.72. The number of benzene rings is 1. The van der Waals surface area contributed by atoms with Crippen molar-refractivity contribution in [3.05, 3.63) is 29.8 Å². The highest BCUT2D eigenvalue weighted by Crippen LogP contribution is 2.24. The maximum atomic E-state index is 5.68. The van der Waals surface area contributed by atoms with Crippen molar-refractivity contribution in [2.24, 2.45) is 5.92 Å². The van der Waals surface area contributed by atoms with Gasteiger partial charge in [0.2, 0.25) is 0 Å². The lowest BCUT2D eigenvalue weighted by Crippen LogP contribution is -2.12. The van der Waals surface area contributed by atoms with Gasteiger partial charge in [-0.15, -0.1) is 0 Å². The molecule has 1 atom stereocenters. The summed E-state index contributed by atoms with van der Waals surface area (Å²) >= 11 is 4.24. The van der Waals surface area contributed by atoms with Gasteiger partial charge in [0.15, 0.2) is 0 Å². The summed E-state index contributed by atoms with van der Waals surface area (Å²) < 4.78 is 5.68. The number of hydrogen-bond acceptors (Lipinski definition) is 2. The SMILES string of the molecule is CC(CS)COc1ccc(C(C)(C)C)cc1. The zero-order valence-electron chi connectivity index (χ0n) is 10.7. The molecule has 1 nitrogen and oxygen atoms in total. The molecular weight excluding hydrogens is 216 g/mol. The van der Waals surface area contributed by atoms with Gasteiger partial charge in [0.05, 0.1) is 6.61 Å². The maximum Gasteiger partial charge on any atom is 0.119 e. The maximum absolute atomic E-state index is 5.68. The van der Waals surface area contributed by atoms with E-state index in [9.17, 15) is 0 Å². The Morgan fingerprint density at radius 3 is 2.19 bits per heavy atom. The second kappa shape index (κ2) is 5.62. The van der Waals surface area contributed by atoms with Gasteiger partial charge in [0, 0.05) is 0 Å². The Morgan fingerprint density at radius 2 is 1.75 bits per heavy atom. The van der Waals surface area contributed by atoms with Gasteiger partial charge < -0.3 is 4.74 Å². The molecule has 1 aromatic carbocycles. The van der Waals surface area contributed by atoms with Gasteiger partial charge in [-0.1, -0.05) is 39.8 Å². The lowest BCUT2D eigenvalue weighted by molar-refractivity contribution is 0.273. The zero-order valence-corrected chi connectivity index (χ0v) is 11.6. The molecule has 0 saturated heterocycles. The molecule has 0 spiro atoms. The number of hydrogen-bond donors (Lipinski definition) is 1. The molecule has 0 bridgehead atoms. The Labute approximate surface area is 105 Å². The van der Waals surface area contributed by atoms with E-state index in [0.29, 0.717) is 5.92 Å². The third-order valence-electron chi connectivity index (χ3n) is 2.57. The Morgan fingerprint density at radius 1 is 1.19 bits per heavy atom. The molecule has 90 valence electrons. The lowest BCUT2D eigenvalue weighted by Gasteiger charge is -2.19. The minimum atomic E-state index is 0.205. The Hall–Kier alpha value is -0.630. The van der Waals surface area contributed by atoms with Crippen LogP contribution in [-0.2, 0) is 5.41 Å². The molecule has 16 heavy (non-hydrogen) atoms. The van der Waals surface area contributed by atoms with E-state index in [1.54, 1.807) is 0 Å². The fourth-order valence-electron chi connectivity index (χ4n) is 1.34. The van der Waals surface area contributed by atoms with Crippen molar-refractivity contribution in [3.63, 3.8) is 0 Å². The second-order valence-electron chi connectivity index (χ2n) is 5.37. The average Bonchev–Trinajstić information content (AvgIpc) is 2.25. The van der Waals surface area contributed by atoms with Crippen molar-refractivity contribution in [3.8, 4) is 5.75 Å². The van der Waals surface area contributed by atoms with Gasteiger partial charge in [-0.25, -0.2) is 0 Å². The molecule has 1 unspecified atom stereocenters. The molecule has 0 saturated carbocycles. The van der Waals surface area contributed by atoms with Crippen molar-refractivity contribution in [2.45, 2.75) is 33.1 Å². The van der Waals surface area contributed by atoms with Crippen LogP contribution in [0.5, 0.6) is 5.75 Å². The van der Waals surface area contributed by atoms with Crippen molar-refractivity contribution in [2.75, 3.05) is 12.4 Å². The second-order valence-corrected chi connectivity index (χ2v) is 5.74. The summed E-state index contributed by atoms with van der Waals surface area (Å²) in [6.07, 6.45) is 0. The normalized spacial score (nSPS) is 13.6. The summed E-state index contributed by atoms with van der Waals surface area (Å²) in [5.41, 5.74) is 1.54. The van der Waals surface area contributed by atoms with Crippen LogP contribution in [0.15, 0.2) is 24.3 Å². The van der Waals surface area contributed by atoms with Crippen LogP contribution in [0.1, 0.15) is 33.3 Å². The molecule has 0 N–H and O–H groups in total. The fourth-order valence-corrected chi connectivity index (χ4v) is 1.45. The van der Waals surface area contributed by atoms with Crippen LogP contribution in [0, 0.1) is 5.92 Å². The van der Waals surface area contributed by atoms with E-state index in [0.717, 1.165) is 18.1 Å². The first-order chi connectivity index (χ1) is 7.43. The average molecular weight is 238 g/mol. The van der Waals surface area contributed by atoms with Gasteiger partial charge >= 0.3 is 0 Å². The highest BCUT2D eigenvalue weighted by molar-refractivity contribution is 7.80. The van der Waals surface area contributed by atoms with Crippen molar-refractivity contribution in [1.82, 2.24) is 0 Å². The predicted octanol–water partition coefficient (Wildman–Crippen LogP) is 3.93. The first kappa shape index (κ1) is 13.4. The van der Waals surface area contributed by atoms with E-state index in [1.807, 2.05) is 12.1 Å². The fraction of sp³-hybridized carbons (Fsp3) is 0.571. The third-order valence-corrected chi connectivity index (χ3v) is 3.19. The van der Waals surface area contributed by atoms with E-state index in [2.05, 4.69) is 52.5 Å². The monoisotopic (exact) mass is 238 g/mol. The largest absolute Gasteiger partial charge is 0.493 e. The minimum absolute atomic E-state index is 0.205. The third kappa shape index (κ3) is 4.09. The van der Waals surface area contributed by atoms with Crippen molar-refractivity contribution in [1.29, 1.82) is 0 Å². The molecule has 2 heteroatoms. The highest BCUT2D eigenvalue weighted by atomic mass is 32.1. The topological polar surface area (TPSA) is 9.23 Å². The molecular formula is C14H22OS. The lowest BCUT2D eigenvalue weighted by atomic mass is 9.87. The smallest absolute Gasteiger partial charge is 0.119 e. The van der Waals surface area contributed by atoms with Gasteiger partial charge in [-0.05, 0) is 34.8 Å². The van der Waals surface area contributed by atoms with Crippen molar-refractivity contribution >= 4 is 12.6 Å². The van der Waals surface area contributed by atoms with Crippen LogP contribution in [0.2, 0.25) is 0 Å². The summed E-state index contributed by atoms with van der Waals surface area (Å²) in [7, 11) is 0. The molecule has 1 aromatic rings. The highest BCUT2D eigenvalue weighted by Gasteiger charge is 2.12. The van der Waals surface area contributed by atoms with Crippen molar-refractivity contribution < 1.29 is 4.74 Å². The van der Waals surface area contributed by atoms with Crippen LogP contribution in [0.25, 0.3) is 0 Å². The molecule has 0 amide bonds. The molecule has 0 heterocycles. The number of ether oxygens (including phenoxy) is 1. The van der Waals surface area contributed by atoms with E-state index < -0.39 is 0 Å². The van der Waals surface area contributed by atoms with Crippen LogP contribution in [-0.4, -0.2) is 12.4 Å².